The first-order valence-corrected chi connectivity index (χ1v) is 7.06. The molecule has 0 aromatic rings. The van der Waals surface area contributed by atoms with E-state index in [1.165, 1.54) is 32.1 Å². The Bertz CT molecular complexity index is 169. The van der Waals surface area contributed by atoms with Crippen LogP contribution in [0.1, 0.15) is 86.0 Å². The Morgan fingerprint density at radius 1 is 0.750 bits per heavy atom. The van der Waals surface area contributed by atoms with Gasteiger partial charge in [0.1, 0.15) is 5.67 Å². The molecule has 0 aromatic carbocycles. The van der Waals surface area contributed by atoms with Gasteiger partial charge in [-0.1, -0.05) is 59.3 Å². The summed E-state index contributed by atoms with van der Waals surface area (Å²) in [4.78, 5) is 0. The van der Waals surface area contributed by atoms with E-state index in [1.807, 2.05) is 0 Å². The minimum atomic E-state index is -1.05. The summed E-state index contributed by atoms with van der Waals surface area (Å²) in [6.45, 7) is 10.0. The molecule has 0 heterocycles. The van der Waals surface area contributed by atoms with Crippen molar-refractivity contribution in [1.29, 1.82) is 0 Å². The van der Waals surface area contributed by atoms with Gasteiger partial charge in [-0.3, -0.25) is 0 Å². The Morgan fingerprint density at radius 2 is 1.25 bits per heavy atom. The highest BCUT2D eigenvalue weighted by atomic mass is 19.1. The Balaban J connectivity index is 4.20. The van der Waals surface area contributed by atoms with Crippen molar-refractivity contribution in [2.75, 3.05) is 0 Å². The molecule has 0 nitrogen and oxygen atoms in total. The zero-order valence-corrected chi connectivity index (χ0v) is 12.0. The highest BCUT2D eigenvalue weighted by Crippen LogP contribution is 2.43. The molecule has 0 rings (SSSR count). The summed E-state index contributed by atoms with van der Waals surface area (Å²) in [7, 11) is 0. The summed E-state index contributed by atoms with van der Waals surface area (Å²) in [6, 6.07) is 0. The minimum absolute atomic E-state index is 0.128. The van der Waals surface area contributed by atoms with E-state index in [2.05, 4.69) is 20.8 Å². The average Bonchev–Trinajstić information content (AvgIpc) is 2.20. The minimum Gasteiger partial charge on any atom is -0.244 e. The van der Waals surface area contributed by atoms with Crippen molar-refractivity contribution in [3.63, 3.8) is 0 Å². The molecule has 0 aromatic heterocycles. The largest absolute Gasteiger partial charge is 0.244 e. The van der Waals surface area contributed by atoms with Crippen LogP contribution in [-0.2, 0) is 0 Å². The van der Waals surface area contributed by atoms with Gasteiger partial charge in [-0.15, -0.1) is 0 Å². The van der Waals surface area contributed by atoms with Crippen molar-refractivity contribution in [3.8, 4) is 0 Å². The van der Waals surface area contributed by atoms with Crippen LogP contribution in [0.25, 0.3) is 0 Å². The van der Waals surface area contributed by atoms with Crippen molar-refractivity contribution in [3.05, 3.63) is 0 Å². The molecule has 0 fully saturated rings. The quantitative estimate of drug-likeness (QED) is 0.432. The summed E-state index contributed by atoms with van der Waals surface area (Å²) < 4.78 is 14.3. The predicted molar refractivity (Wildman–Crippen MR) is 71.6 cm³/mol. The second kappa shape index (κ2) is 7.29. The van der Waals surface area contributed by atoms with Crippen LogP contribution in [0.5, 0.6) is 0 Å². The Labute approximate surface area is 102 Å². The number of hydrogen-bond acceptors (Lipinski definition) is 0. The molecular formula is C15H31F. The monoisotopic (exact) mass is 230 g/mol. The van der Waals surface area contributed by atoms with Gasteiger partial charge in [0, 0.05) is 5.41 Å². The topological polar surface area (TPSA) is 0 Å². The standard InChI is InChI=1S/C15H31F/c1-6-8-10-11-13-15(5,12-9-7-2)14(3,4)16/h6-13H2,1-5H3. The van der Waals surface area contributed by atoms with Crippen LogP contribution in [0, 0.1) is 5.41 Å². The second-order valence-corrected chi connectivity index (χ2v) is 5.95. The van der Waals surface area contributed by atoms with Gasteiger partial charge in [0.15, 0.2) is 0 Å². The summed E-state index contributed by atoms with van der Waals surface area (Å²) in [5.74, 6) is 0. The maximum absolute atomic E-state index is 14.3. The lowest BCUT2D eigenvalue weighted by Gasteiger charge is -2.39. The highest BCUT2D eigenvalue weighted by molar-refractivity contribution is 4.89. The maximum Gasteiger partial charge on any atom is 0.110 e. The third-order valence-electron chi connectivity index (χ3n) is 4.10. The summed E-state index contributed by atoms with van der Waals surface area (Å²) >= 11 is 0. The molecule has 1 atom stereocenters. The molecule has 1 unspecified atom stereocenters. The van der Waals surface area contributed by atoms with E-state index < -0.39 is 5.67 Å². The van der Waals surface area contributed by atoms with Crippen LogP contribution >= 0.6 is 0 Å². The normalized spacial score (nSPS) is 16.1. The smallest absolute Gasteiger partial charge is 0.110 e. The molecule has 0 saturated heterocycles. The number of halogens is 1. The van der Waals surface area contributed by atoms with Crippen molar-refractivity contribution in [2.45, 2.75) is 91.7 Å². The summed E-state index contributed by atoms with van der Waals surface area (Å²) in [5, 5.41) is 0. The van der Waals surface area contributed by atoms with E-state index in [-0.39, 0.29) is 5.41 Å². The van der Waals surface area contributed by atoms with E-state index in [0.717, 1.165) is 19.3 Å². The lowest BCUT2D eigenvalue weighted by Crippen LogP contribution is -2.37. The molecule has 0 aliphatic rings. The van der Waals surface area contributed by atoms with E-state index in [9.17, 15) is 4.39 Å². The Morgan fingerprint density at radius 3 is 1.69 bits per heavy atom. The third kappa shape index (κ3) is 5.32. The molecule has 1 heteroatoms. The van der Waals surface area contributed by atoms with Gasteiger partial charge in [-0.05, 0) is 26.7 Å². The number of hydrogen-bond donors (Lipinski definition) is 0. The number of alkyl halides is 1. The van der Waals surface area contributed by atoms with Gasteiger partial charge < -0.3 is 0 Å². The van der Waals surface area contributed by atoms with Crippen molar-refractivity contribution >= 4 is 0 Å². The van der Waals surface area contributed by atoms with E-state index in [4.69, 9.17) is 0 Å². The molecule has 0 N–H and O–H groups in total. The molecular weight excluding hydrogens is 199 g/mol. The van der Waals surface area contributed by atoms with Gasteiger partial charge in [-0.2, -0.15) is 0 Å². The summed E-state index contributed by atoms with van der Waals surface area (Å²) in [6.07, 6.45) is 9.37. The maximum atomic E-state index is 14.3. The van der Waals surface area contributed by atoms with Crippen LogP contribution in [0.3, 0.4) is 0 Å². The first-order valence-electron chi connectivity index (χ1n) is 7.06. The second-order valence-electron chi connectivity index (χ2n) is 5.95. The highest BCUT2D eigenvalue weighted by Gasteiger charge is 2.39. The fraction of sp³-hybridized carbons (Fsp3) is 1.00. The van der Waals surface area contributed by atoms with E-state index in [0.29, 0.717) is 0 Å². The molecule has 0 spiro atoms. The zero-order valence-electron chi connectivity index (χ0n) is 12.0. The van der Waals surface area contributed by atoms with E-state index in [1.54, 1.807) is 13.8 Å². The van der Waals surface area contributed by atoms with E-state index >= 15 is 0 Å². The van der Waals surface area contributed by atoms with Crippen LogP contribution in [-0.4, -0.2) is 5.67 Å². The average molecular weight is 230 g/mol. The molecule has 0 amide bonds. The van der Waals surface area contributed by atoms with Gasteiger partial charge in [-0.25, -0.2) is 4.39 Å². The van der Waals surface area contributed by atoms with Gasteiger partial charge >= 0.3 is 0 Å². The Hall–Kier alpha value is -0.0700. The number of unbranched alkanes of at least 4 members (excludes halogenated alkanes) is 4. The van der Waals surface area contributed by atoms with Crippen LogP contribution < -0.4 is 0 Å². The molecule has 16 heavy (non-hydrogen) atoms. The Kier molecular flexibility index (Phi) is 7.26. The lowest BCUT2D eigenvalue weighted by atomic mass is 9.70. The molecule has 98 valence electrons. The fourth-order valence-corrected chi connectivity index (χ4v) is 2.23. The molecule has 0 aliphatic carbocycles. The lowest BCUT2D eigenvalue weighted by molar-refractivity contribution is 0.0181. The molecule has 0 aliphatic heterocycles. The summed E-state index contributed by atoms with van der Waals surface area (Å²) in [5.41, 5.74) is -1.18. The fourth-order valence-electron chi connectivity index (χ4n) is 2.23. The SMILES string of the molecule is CCCCCCC(C)(CCCC)C(C)(C)F. The molecule has 0 bridgehead atoms. The molecule has 0 saturated carbocycles. The van der Waals surface area contributed by atoms with Crippen LogP contribution in [0.15, 0.2) is 0 Å². The van der Waals surface area contributed by atoms with Gasteiger partial charge in [0.2, 0.25) is 0 Å². The van der Waals surface area contributed by atoms with Crippen molar-refractivity contribution in [1.82, 2.24) is 0 Å². The number of rotatable bonds is 9. The van der Waals surface area contributed by atoms with Crippen LogP contribution in [0.2, 0.25) is 0 Å². The van der Waals surface area contributed by atoms with Gasteiger partial charge in [0.05, 0.1) is 0 Å². The van der Waals surface area contributed by atoms with Crippen molar-refractivity contribution in [2.24, 2.45) is 5.41 Å². The third-order valence-corrected chi connectivity index (χ3v) is 4.10. The van der Waals surface area contributed by atoms with Crippen LogP contribution in [0.4, 0.5) is 4.39 Å². The molecule has 0 radical (unpaired) electrons. The first-order chi connectivity index (χ1) is 7.37. The van der Waals surface area contributed by atoms with Crippen molar-refractivity contribution < 1.29 is 4.39 Å². The first kappa shape index (κ1) is 15.9. The predicted octanol–water partition coefficient (Wildman–Crippen LogP) is 5.90. The van der Waals surface area contributed by atoms with Gasteiger partial charge in [0.25, 0.3) is 0 Å². The zero-order chi connectivity index (χ0) is 12.7.